The molecule has 0 saturated carbocycles. The lowest BCUT2D eigenvalue weighted by molar-refractivity contribution is -0.135. The van der Waals surface area contributed by atoms with Crippen molar-refractivity contribution in [3.05, 3.63) is 11.1 Å². The number of carbonyl (C=O) groups is 1. The number of allylic oxidation sites excluding steroid dienone is 1. The van der Waals surface area contributed by atoms with Crippen LogP contribution in [0.5, 0.6) is 0 Å². The van der Waals surface area contributed by atoms with E-state index in [0.29, 0.717) is 6.42 Å². The minimum absolute atomic E-state index is 0.0752. The second kappa shape index (κ2) is 7.17. The van der Waals surface area contributed by atoms with Gasteiger partial charge in [-0.3, -0.25) is 0 Å². The number of rotatable bonds is 5. The first-order chi connectivity index (χ1) is 7.65. The molecule has 16 heavy (non-hydrogen) atoms. The first-order valence-electron chi connectivity index (χ1n) is 4.46. The standard InChI is InChI=1S/C10H11NO5/c1-3-4-7(5-12)9(11-15)8(6-13)10(14)16-2/h15H,3-4H2,1-2H3. The molecule has 0 fully saturated rings. The molecule has 0 atom stereocenters. The molecule has 86 valence electrons. The Kier molecular flexibility index (Phi) is 6.21. The molecular weight excluding hydrogens is 214 g/mol. The van der Waals surface area contributed by atoms with Crippen molar-refractivity contribution in [3.63, 3.8) is 0 Å². The van der Waals surface area contributed by atoms with Crippen molar-refractivity contribution < 1.29 is 24.3 Å². The zero-order chi connectivity index (χ0) is 12.6. The van der Waals surface area contributed by atoms with Crippen LogP contribution >= 0.6 is 0 Å². The molecule has 0 bridgehead atoms. The van der Waals surface area contributed by atoms with E-state index in [1.807, 2.05) is 0 Å². The maximum atomic E-state index is 11.1. The normalized spacial score (nSPS) is 10.0. The second-order valence-electron chi connectivity index (χ2n) is 2.75. The molecule has 0 saturated heterocycles. The molecule has 0 unspecified atom stereocenters. The first-order valence-corrected chi connectivity index (χ1v) is 4.46. The van der Waals surface area contributed by atoms with E-state index in [1.54, 1.807) is 6.92 Å². The van der Waals surface area contributed by atoms with Gasteiger partial charge in [-0.1, -0.05) is 18.5 Å². The van der Waals surface area contributed by atoms with E-state index in [2.05, 4.69) is 9.89 Å². The molecule has 1 N–H and O–H groups in total. The predicted molar refractivity (Wildman–Crippen MR) is 54.6 cm³/mol. The Hall–Kier alpha value is -2.16. The fourth-order valence-electron chi connectivity index (χ4n) is 1.02. The highest BCUT2D eigenvalue weighted by Gasteiger charge is 2.23. The fraction of sp³-hybridized carbons (Fsp3) is 0.400. The molecular formula is C10H11NO5. The summed E-state index contributed by atoms with van der Waals surface area (Å²) in [7, 11) is 1.05. The summed E-state index contributed by atoms with van der Waals surface area (Å²) in [5, 5.41) is 11.4. The summed E-state index contributed by atoms with van der Waals surface area (Å²) in [6, 6.07) is 0. The number of esters is 1. The van der Waals surface area contributed by atoms with Crippen LogP contribution in [0.25, 0.3) is 0 Å². The van der Waals surface area contributed by atoms with Gasteiger partial charge in [-0.15, -0.1) is 0 Å². The van der Waals surface area contributed by atoms with E-state index in [-0.39, 0.29) is 12.0 Å². The molecule has 0 amide bonds. The maximum absolute atomic E-state index is 11.1. The Balaban J connectivity index is 5.38. The minimum atomic E-state index is -1.02. The third-order valence-electron chi connectivity index (χ3n) is 1.74. The lowest BCUT2D eigenvalue weighted by Crippen LogP contribution is -2.18. The number of methoxy groups -OCH3 is 1. The summed E-state index contributed by atoms with van der Waals surface area (Å²) in [6.07, 6.45) is 0.794. The fourth-order valence-corrected chi connectivity index (χ4v) is 1.02. The molecule has 6 heteroatoms. The van der Waals surface area contributed by atoms with Gasteiger partial charge >= 0.3 is 5.97 Å². The minimum Gasteiger partial charge on any atom is -0.465 e. The Labute approximate surface area is 91.9 Å². The number of carbonyl (C=O) groups excluding carboxylic acids is 3. The molecule has 0 rings (SSSR count). The Morgan fingerprint density at radius 1 is 1.38 bits per heavy atom. The van der Waals surface area contributed by atoms with Crippen molar-refractivity contribution in [3.8, 4) is 0 Å². The van der Waals surface area contributed by atoms with Crippen molar-refractivity contribution in [2.75, 3.05) is 7.11 Å². The van der Waals surface area contributed by atoms with Gasteiger partial charge in [0.15, 0.2) is 5.57 Å². The summed E-state index contributed by atoms with van der Waals surface area (Å²) in [5.41, 5.74) is -1.15. The van der Waals surface area contributed by atoms with Gasteiger partial charge in [0.2, 0.25) is 0 Å². The van der Waals surface area contributed by atoms with Crippen molar-refractivity contribution in [1.82, 2.24) is 0 Å². The van der Waals surface area contributed by atoms with Crippen LogP contribution in [0.1, 0.15) is 19.8 Å². The SMILES string of the molecule is CCCC(=C=O)C(=NO)C(=C=O)C(=O)OC. The molecule has 0 aromatic heterocycles. The summed E-state index contributed by atoms with van der Waals surface area (Å²) < 4.78 is 4.29. The molecule has 0 aliphatic carbocycles. The Bertz CT molecular complexity index is 397. The van der Waals surface area contributed by atoms with Crippen LogP contribution in [0.2, 0.25) is 0 Å². The van der Waals surface area contributed by atoms with E-state index in [0.717, 1.165) is 7.11 Å². The highest BCUT2D eigenvalue weighted by atomic mass is 16.5. The van der Waals surface area contributed by atoms with Gasteiger partial charge in [-0.25, -0.2) is 14.4 Å². The molecule has 6 nitrogen and oxygen atoms in total. The van der Waals surface area contributed by atoms with Gasteiger partial charge in [0.25, 0.3) is 0 Å². The topological polar surface area (TPSA) is 93.0 Å². The lowest BCUT2D eigenvalue weighted by Gasteiger charge is -2.04. The number of oxime groups is 1. The predicted octanol–water partition coefficient (Wildman–Crippen LogP) is 0.306. The largest absolute Gasteiger partial charge is 0.465 e. The average Bonchev–Trinajstić information content (AvgIpc) is 2.32. The van der Waals surface area contributed by atoms with E-state index in [1.165, 1.54) is 11.9 Å². The smallest absolute Gasteiger partial charge is 0.351 e. The van der Waals surface area contributed by atoms with Crippen molar-refractivity contribution in [2.24, 2.45) is 5.16 Å². The number of hydrogen-bond donors (Lipinski definition) is 1. The molecule has 0 aromatic rings. The summed E-state index contributed by atoms with van der Waals surface area (Å²) in [5.74, 6) is 1.77. The van der Waals surface area contributed by atoms with Crippen molar-refractivity contribution >= 4 is 23.6 Å². The zero-order valence-corrected chi connectivity index (χ0v) is 8.94. The number of ether oxygens (including phenoxy) is 1. The molecule has 0 radical (unpaired) electrons. The molecule has 0 aliphatic heterocycles. The van der Waals surface area contributed by atoms with Gasteiger partial charge in [-0.05, 0) is 6.42 Å². The van der Waals surface area contributed by atoms with Crippen LogP contribution in [0.3, 0.4) is 0 Å². The van der Waals surface area contributed by atoms with E-state index in [9.17, 15) is 14.4 Å². The van der Waals surface area contributed by atoms with Gasteiger partial charge in [0.05, 0.1) is 12.7 Å². The molecule has 0 spiro atoms. The average molecular weight is 225 g/mol. The van der Waals surface area contributed by atoms with Crippen molar-refractivity contribution in [1.29, 1.82) is 0 Å². The highest BCUT2D eigenvalue weighted by molar-refractivity contribution is 6.32. The second-order valence-corrected chi connectivity index (χ2v) is 2.75. The molecule has 0 aliphatic rings. The molecule has 0 aromatic carbocycles. The van der Waals surface area contributed by atoms with E-state index >= 15 is 0 Å². The number of hydrogen-bond acceptors (Lipinski definition) is 6. The summed E-state index contributed by atoms with van der Waals surface area (Å²) >= 11 is 0. The van der Waals surface area contributed by atoms with Gasteiger partial charge in [0, 0.05) is 0 Å². The third-order valence-corrected chi connectivity index (χ3v) is 1.74. The van der Waals surface area contributed by atoms with Crippen LogP contribution in [0.4, 0.5) is 0 Å². The van der Waals surface area contributed by atoms with Crippen molar-refractivity contribution in [2.45, 2.75) is 19.8 Å². The Morgan fingerprint density at radius 2 is 2.00 bits per heavy atom. The summed E-state index contributed by atoms with van der Waals surface area (Å²) in [4.78, 5) is 32.2. The van der Waals surface area contributed by atoms with E-state index < -0.39 is 17.3 Å². The maximum Gasteiger partial charge on any atom is 0.351 e. The van der Waals surface area contributed by atoms with E-state index in [4.69, 9.17) is 5.21 Å². The zero-order valence-electron chi connectivity index (χ0n) is 8.94. The van der Waals surface area contributed by atoms with Crippen LogP contribution in [0, 0.1) is 0 Å². The number of nitrogens with zero attached hydrogens (tertiary/aromatic N) is 1. The Morgan fingerprint density at radius 3 is 2.31 bits per heavy atom. The summed E-state index contributed by atoms with van der Waals surface area (Å²) in [6.45, 7) is 1.77. The van der Waals surface area contributed by atoms with Crippen LogP contribution in [-0.4, -0.2) is 35.9 Å². The monoisotopic (exact) mass is 225 g/mol. The third kappa shape index (κ3) is 3.20. The van der Waals surface area contributed by atoms with Gasteiger partial charge in [-0.2, -0.15) is 0 Å². The van der Waals surface area contributed by atoms with Gasteiger partial charge < -0.3 is 9.94 Å². The van der Waals surface area contributed by atoms with Gasteiger partial charge in [0.1, 0.15) is 17.6 Å². The quantitative estimate of drug-likeness (QED) is 0.181. The molecule has 0 heterocycles. The first kappa shape index (κ1) is 13.8. The van der Waals surface area contributed by atoms with Crippen LogP contribution in [-0.2, 0) is 19.1 Å². The highest BCUT2D eigenvalue weighted by Crippen LogP contribution is 2.10. The lowest BCUT2D eigenvalue weighted by atomic mass is 10.0. The van der Waals surface area contributed by atoms with Crippen LogP contribution < -0.4 is 0 Å². The van der Waals surface area contributed by atoms with Crippen LogP contribution in [0.15, 0.2) is 16.3 Å².